The molecule has 0 spiro atoms. The van der Waals surface area contributed by atoms with Crippen molar-refractivity contribution < 1.29 is 9.90 Å². The van der Waals surface area contributed by atoms with Gasteiger partial charge in [0.1, 0.15) is 0 Å². The average Bonchev–Trinajstić information content (AvgIpc) is 2.86. The molecule has 3 heterocycles. The number of para-hydroxylation sites is 1. The van der Waals surface area contributed by atoms with Crippen molar-refractivity contribution in [3.63, 3.8) is 0 Å². The zero-order valence-electron chi connectivity index (χ0n) is 18.4. The topological polar surface area (TPSA) is 104 Å². The number of nitrogens with zero attached hydrogens (tertiary/aromatic N) is 5. The largest absolute Gasteiger partial charge is 0.465 e. The molecule has 0 atom stereocenters. The van der Waals surface area contributed by atoms with E-state index in [9.17, 15) is 9.59 Å². The molecule has 178 valence electrons. The van der Waals surface area contributed by atoms with Crippen molar-refractivity contribution >= 4 is 57.5 Å². The second-order valence-electron chi connectivity index (χ2n) is 7.98. The van der Waals surface area contributed by atoms with E-state index in [1.54, 1.807) is 30.5 Å². The Hall–Kier alpha value is -3.82. The molecular weight excluding hydrogens is 491 g/mol. The van der Waals surface area contributed by atoms with Crippen LogP contribution in [0.2, 0.25) is 10.0 Å². The highest BCUT2D eigenvalue weighted by molar-refractivity contribution is 6.37. The van der Waals surface area contributed by atoms with Crippen molar-refractivity contribution in [3.8, 4) is 5.69 Å². The van der Waals surface area contributed by atoms with E-state index in [1.807, 2.05) is 24.3 Å². The van der Waals surface area contributed by atoms with E-state index in [0.29, 0.717) is 58.8 Å². The molecule has 0 saturated carbocycles. The van der Waals surface area contributed by atoms with Gasteiger partial charge in [0, 0.05) is 49.9 Å². The number of rotatable bonds is 4. The Bertz CT molecular complexity index is 1450. The van der Waals surface area contributed by atoms with Gasteiger partial charge in [0.05, 0.1) is 26.6 Å². The number of hydrogen-bond acceptors (Lipinski definition) is 6. The summed E-state index contributed by atoms with van der Waals surface area (Å²) in [6, 6.07) is 14.5. The summed E-state index contributed by atoms with van der Waals surface area (Å²) >= 11 is 12.5. The van der Waals surface area contributed by atoms with Gasteiger partial charge in [0.2, 0.25) is 5.95 Å². The number of carboxylic acid groups (broad SMARTS) is 1. The summed E-state index contributed by atoms with van der Waals surface area (Å²) in [5, 5.41) is 13.3. The highest BCUT2D eigenvalue weighted by Gasteiger charge is 2.20. The summed E-state index contributed by atoms with van der Waals surface area (Å²) in [5.41, 5.74) is 2.37. The Morgan fingerprint density at radius 1 is 0.971 bits per heavy atom. The molecule has 4 aromatic rings. The molecule has 2 aromatic heterocycles. The molecular formula is C24H20Cl2N6O3. The van der Waals surface area contributed by atoms with E-state index < -0.39 is 6.09 Å². The van der Waals surface area contributed by atoms with Crippen molar-refractivity contribution in [3.05, 3.63) is 81.3 Å². The molecule has 1 amide bonds. The number of nitrogens with one attached hydrogen (secondary N) is 1. The number of amides is 1. The second kappa shape index (κ2) is 9.44. The van der Waals surface area contributed by atoms with Crippen LogP contribution in [0.4, 0.5) is 22.1 Å². The van der Waals surface area contributed by atoms with Gasteiger partial charge >= 0.3 is 6.09 Å². The third-order valence-electron chi connectivity index (χ3n) is 5.87. The maximum absolute atomic E-state index is 13.1. The van der Waals surface area contributed by atoms with Crippen LogP contribution >= 0.6 is 23.2 Å². The van der Waals surface area contributed by atoms with E-state index in [4.69, 9.17) is 28.3 Å². The van der Waals surface area contributed by atoms with Gasteiger partial charge in [-0.05, 0) is 42.5 Å². The maximum Gasteiger partial charge on any atom is 0.407 e. The van der Waals surface area contributed by atoms with Crippen LogP contribution in [0.5, 0.6) is 0 Å². The van der Waals surface area contributed by atoms with Crippen molar-refractivity contribution in [2.45, 2.75) is 0 Å². The first-order chi connectivity index (χ1) is 16.9. The first kappa shape index (κ1) is 22.9. The van der Waals surface area contributed by atoms with Crippen LogP contribution in [0, 0.1) is 0 Å². The fraction of sp³-hybridized carbons (Fsp3) is 0.167. The monoisotopic (exact) mass is 510 g/mol. The Morgan fingerprint density at radius 3 is 2.31 bits per heavy atom. The molecule has 2 N–H and O–H groups in total. The lowest BCUT2D eigenvalue weighted by Crippen LogP contribution is -2.48. The molecule has 5 rings (SSSR count). The van der Waals surface area contributed by atoms with E-state index >= 15 is 0 Å². The maximum atomic E-state index is 13.1. The van der Waals surface area contributed by atoms with Crippen molar-refractivity contribution in [2.24, 2.45) is 0 Å². The quantitative estimate of drug-likeness (QED) is 0.412. The fourth-order valence-electron chi connectivity index (χ4n) is 4.03. The molecule has 9 nitrogen and oxygen atoms in total. The number of pyridine rings is 1. The van der Waals surface area contributed by atoms with Gasteiger partial charge in [-0.2, -0.15) is 0 Å². The lowest BCUT2D eigenvalue weighted by Gasteiger charge is -2.34. The number of halogens is 2. The lowest BCUT2D eigenvalue weighted by molar-refractivity contribution is 0.142. The minimum atomic E-state index is -0.883. The molecule has 1 fully saturated rings. The van der Waals surface area contributed by atoms with Crippen LogP contribution in [0.1, 0.15) is 0 Å². The van der Waals surface area contributed by atoms with Gasteiger partial charge in [0.15, 0.2) is 0 Å². The number of fused-ring (bicyclic) bond motifs is 1. The zero-order chi connectivity index (χ0) is 24.5. The first-order valence-corrected chi connectivity index (χ1v) is 11.6. The van der Waals surface area contributed by atoms with E-state index in [0.717, 1.165) is 11.4 Å². The van der Waals surface area contributed by atoms with Gasteiger partial charge in [-0.15, -0.1) is 0 Å². The van der Waals surface area contributed by atoms with Crippen LogP contribution in [-0.4, -0.2) is 56.8 Å². The highest BCUT2D eigenvalue weighted by Crippen LogP contribution is 2.28. The van der Waals surface area contributed by atoms with Crippen molar-refractivity contribution in [1.82, 2.24) is 19.4 Å². The van der Waals surface area contributed by atoms with Crippen LogP contribution in [0.3, 0.4) is 0 Å². The molecule has 1 saturated heterocycles. The van der Waals surface area contributed by atoms with Crippen molar-refractivity contribution in [1.29, 1.82) is 0 Å². The van der Waals surface area contributed by atoms with Crippen molar-refractivity contribution in [2.75, 3.05) is 36.4 Å². The summed E-state index contributed by atoms with van der Waals surface area (Å²) < 4.78 is 1.39. The van der Waals surface area contributed by atoms with E-state index in [-0.39, 0.29) is 5.56 Å². The Balaban J connectivity index is 1.34. The van der Waals surface area contributed by atoms with Gasteiger partial charge in [-0.3, -0.25) is 9.36 Å². The number of benzene rings is 2. The molecule has 0 unspecified atom stereocenters. The second-order valence-corrected chi connectivity index (χ2v) is 8.80. The lowest BCUT2D eigenvalue weighted by atomic mass is 10.2. The number of anilines is 3. The molecule has 0 bridgehead atoms. The van der Waals surface area contributed by atoms with E-state index in [2.05, 4.69) is 20.2 Å². The summed E-state index contributed by atoms with van der Waals surface area (Å²) in [5.74, 6) is 0.355. The van der Waals surface area contributed by atoms with Gasteiger partial charge in [-0.1, -0.05) is 29.3 Å². The molecule has 0 radical (unpaired) electrons. The summed E-state index contributed by atoms with van der Waals surface area (Å²) in [6.45, 7) is 2.24. The molecule has 1 aliphatic rings. The predicted molar refractivity (Wildman–Crippen MR) is 137 cm³/mol. The van der Waals surface area contributed by atoms with E-state index in [1.165, 1.54) is 15.7 Å². The number of aromatic nitrogens is 3. The standard InChI is InChI=1S/C24H20Cl2N6O3/c25-18-2-1-3-19(26)21(18)32-9-8-20-17(22(32)33)14-27-23(29-20)28-15-4-6-16(7-5-15)30-10-12-31(13-11-30)24(34)35/h1-9,14H,10-13H2,(H,34,35)(H,27,28,29). The van der Waals surface area contributed by atoms with Crippen LogP contribution < -0.4 is 15.8 Å². The highest BCUT2D eigenvalue weighted by atomic mass is 35.5. The molecule has 11 heteroatoms. The normalized spacial score (nSPS) is 13.8. The fourth-order valence-corrected chi connectivity index (χ4v) is 4.61. The molecule has 2 aromatic carbocycles. The summed E-state index contributed by atoms with van der Waals surface area (Å²) in [7, 11) is 0. The summed E-state index contributed by atoms with van der Waals surface area (Å²) in [6.07, 6.45) is 2.18. The smallest absolute Gasteiger partial charge is 0.407 e. The third-order valence-corrected chi connectivity index (χ3v) is 6.48. The molecule has 1 aliphatic heterocycles. The molecule has 0 aliphatic carbocycles. The van der Waals surface area contributed by atoms with Gasteiger partial charge < -0.3 is 20.2 Å². The third kappa shape index (κ3) is 4.60. The average molecular weight is 511 g/mol. The Labute approximate surface area is 210 Å². The first-order valence-electron chi connectivity index (χ1n) is 10.8. The SMILES string of the molecule is O=C(O)N1CCN(c2ccc(Nc3ncc4c(=O)n(-c5c(Cl)cccc5Cl)ccc4n3)cc2)CC1. The number of carbonyl (C=O) groups is 1. The van der Waals surface area contributed by atoms with Gasteiger partial charge in [-0.25, -0.2) is 14.8 Å². The summed E-state index contributed by atoms with van der Waals surface area (Å²) in [4.78, 5) is 36.5. The zero-order valence-corrected chi connectivity index (χ0v) is 19.9. The van der Waals surface area contributed by atoms with Gasteiger partial charge in [0.25, 0.3) is 5.56 Å². The van der Waals surface area contributed by atoms with Crippen LogP contribution in [0.15, 0.2) is 65.7 Å². The predicted octanol–water partition coefficient (Wildman–Crippen LogP) is 4.63. The minimum absolute atomic E-state index is 0.323. The molecule has 35 heavy (non-hydrogen) atoms. The number of hydrogen-bond donors (Lipinski definition) is 2. The van der Waals surface area contributed by atoms with Crippen LogP contribution in [-0.2, 0) is 0 Å². The minimum Gasteiger partial charge on any atom is -0.465 e. The Morgan fingerprint density at radius 2 is 1.66 bits per heavy atom. The van der Waals surface area contributed by atoms with Crippen LogP contribution in [0.25, 0.3) is 16.6 Å². The number of piperazine rings is 1. The Kier molecular flexibility index (Phi) is 6.19.